The van der Waals surface area contributed by atoms with Crippen LogP contribution < -0.4 is 16.6 Å². The predicted molar refractivity (Wildman–Crippen MR) is 117 cm³/mol. The molecular weight excluding hydrogens is 474 g/mol. The van der Waals surface area contributed by atoms with Crippen LogP contribution in [0.4, 0.5) is 17.1 Å². The Kier molecular flexibility index (Phi) is 5.11. The molecule has 0 heterocycles. The minimum absolute atomic E-state index is 0.00879. The summed E-state index contributed by atoms with van der Waals surface area (Å²) in [5, 5.41) is 0.620. The van der Waals surface area contributed by atoms with Gasteiger partial charge in [-0.15, -0.1) is 0 Å². The summed E-state index contributed by atoms with van der Waals surface area (Å²) in [7, 11) is -9.91. The molecular formula is C20H15N3O8S2. The van der Waals surface area contributed by atoms with E-state index in [2.05, 4.69) is 0 Å². The minimum atomic E-state index is -5.00. The molecule has 0 fully saturated rings. The first kappa shape index (κ1) is 22.6. The highest BCUT2D eigenvalue weighted by molar-refractivity contribution is 7.86. The Morgan fingerprint density at radius 2 is 1.24 bits per heavy atom. The number of carbonyl (C=O) groups is 2. The van der Waals surface area contributed by atoms with Gasteiger partial charge in [-0.3, -0.25) is 23.7 Å². The monoisotopic (exact) mass is 489 g/mol. The topological polar surface area (TPSA) is 198 Å². The van der Waals surface area contributed by atoms with E-state index in [9.17, 15) is 35.5 Å². The molecule has 0 spiro atoms. The van der Waals surface area contributed by atoms with E-state index in [1.54, 1.807) is 12.1 Å². The molecule has 6 N–H and O–H groups in total. The number of fused-ring (bicyclic) bond motifs is 2. The van der Waals surface area contributed by atoms with E-state index in [4.69, 9.17) is 11.6 Å². The van der Waals surface area contributed by atoms with Gasteiger partial charge in [0.2, 0.25) is 0 Å². The van der Waals surface area contributed by atoms with Crippen molar-refractivity contribution in [1.29, 1.82) is 0 Å². The summed E-state index contributed by atoms with van der Waals surface area (Å²) in [6, 6.07) is 11.4. The van der Waals surface area contributed by atoms with Crippen molar-refractivity contribution < 1.29 is 35.5 Å². The van der Waals surface area contributed by atoms with Crippen LogP contribution >= 0.6 is 0 Å². The number of carbonyl (C=O) groups excluding carboxylic acids is 2. The summed E-state index contributed by atoms with van der Waals surface area (Å²) in [6.07, 6.45) is 0. The number of hydrogen-bond donors (Lipinski definition) is 4. The van der Waals surface area contributed by atoms with Crippen molar-refractivity contribution in [2.75, 3.05) is 10.7 Å². The molecule has 0 bridgehead atoms. The van der Waals surface area contributed by atoms with E-state index >= 15 is 0 Å². The Hall–Kier alpha value is -3.62. The largest absolute Gasteiger partial charge is 0.398 e. The zero-order chi connectivity index (χ0) is 24.3. The highest BCUT2D eigenvalue weighted by atomic mass is 32.2. The van der Waals surface area contributed by atoms with E-state index in [0.717, 1.165) is 0 Å². The number of benzene rings is 3. The van der Waals surface area contributed by atoms with Crippen LogP contribution in [-0.4, -0.2) is 37.5 Å². The summed E-state index contributed by atoms with van der Waals surface area (Å²) in [5.41, 5.74) is 4.21. The van der Waals surface area contributed by atoms with Crippen LogP contribution in [0, 0.1) is 0 Å². The number of ketones is 2. The fourth-order valence-corrected chi connectivity index (χ4v) is 4.96. The molecule has 0 amide bonds. The molecule has 0 atom stereocenters. The molecule has 33 heavy (non-hydrogen) atoms. The Balaban J connectivity index is 2.00. The lowest BCUT2D eigenvalue weighted by Crippen LogP contribution is -2.31. The molecule has 1 aliphatic carbocycles. The summed E-state index contributed by atoms with van der Waals surface area (Å²) < 4.78 is 66.4. The first-order chi connectivity index (χ1) is 15.3. The Labute approximate surface area is 187 Å². The van der Waals surface area contributed by atoms with Crippen LogP contribution in [0.5, 0.6) is 0 Å². The quantitative estimate of drug-likeness (QED) is 0.140. The standard InChI is InChI=1S/C20H15N3O8S2/c21-13-8-17(33(29,30)31)15(9-16(13)32(26,27)28)23(22)14-7-3-6-12-18(14)20(25)11-5-2-1-4-10(11)19(12)24/h1-9H,21-22H2,(H,26,27,28)(H,29,30,31). The third-order valence-corrected chi connectivity index (χ3v) is 6.89. The van der Waals surface area contributed by atoms with E-state index < -0.39 is 53.0 Å². The lowest BCUT2D eigenvalue weighted by molar-refractivity contribution is 0.0979. The zero-order valence-electron chi connectivity index (χ0n) is 16.5. The van der Waals surface area contributed by atoms with E-state index in [1.165, 1.54) is 30.3 Å². The molecule has 3 aromatic rings. The number of hydrogen-bond acceptors (Lipinski definition) is 9. The fourth-order valence-electron chi connectivity index (χ4n) is 3.64. The Bertz CT molecular complexity index is 1580. The number of nitrogen functional groups attached to an aromatic ring is 1. The van der Waals surface area contributed by atoms with Crippen molar-refractivity contribution in [1.82, 2.24) is 0 Å². The molecule has 4 rings (SSSR count). The van der Waals surface area contributed by atoms with Crippen molar-refractivity contribution in [3.63, 3.8) is 0 Å². The molecule has 0 saturated heterocycles. The summed E-state index contributed by atoms with van der Waals surface area (Å²) in [4.78, 5) is 24.4. The summed E-state index contributed by atoms with van der Waals surface area (Å²) >= 11 is 0. The van der Waals surface area contributed by atoms with Gasteiger partial charge in [-0.2, -0.15) is 16.8 Å². The maximum absolute atomic E-state index is 13.2. The SMILES string of the molecule is Nc1cc(S(=O)(=O)O)c(N(N)c2cccc3c2C(=O)c2ccccc2C3=O)cc1S(=O)(=O)O. The average molecular weight is 489 g/mol. The molecule has 1 aliphatic rings. The molecule has 11 nitrogen and oxygen atoms in total. The van der Waals surface area contributed by atoms with Crippen LogP contribution in [0.1, 0.15) is 31.8 Å². The maximum Gasteiger partial charge on any atom is 0.296 e. The van der Waals surface area contributed by atoms with Crippen molar-refractivity contribution >= 4 is 48.9 Å². The van der Waals surface area contributed by atoms with Gasteiger partial charge in [-0.25, -0.2) is 5.84 Å². The van der Waals surface area contributed by atoms with Crippen molar-refractivity contribution in [2.24, 2.45) is 5.84 Å². The average Bonchev–Trinajstić information content (AvgIpc) is 2.75. The van der Waals surface area contributed by atoms with Gasteiger partial charge in [0.05, 0.1) is 22.6 Å². The van der Waals surface area contributed by atoms with Crippen molar-refractivity contribution in [3.05, 3.63) is 76.9 Å². The van der Waals surface area contributed by atoms with Gasteiger partial charge < -0.3 is 5.73 Å². The van der Waals surface area contributed by atoms with Crippen molar-refractivity contribution in [3.8, 4) is 0 Å². The third-order valence-electron chi connectivity index (χ3n) is 5.10. The Morgan fingerprint density at radius 1 is 0.697 bits per heavy atom. The van der Waals surface area contributed by atoms with Gasteiger partial charge in [0.15, 0.2) is 11.6 Å². The van der Waals surface area contributed by atoms with Crippen LogP contribution in [0.25, 0.3) is 0 Å². The molecule has 0 saturated carbocycles. The normalized spacial score (nSPS) is 13.4. The number of nitrogens with two attached hydrogens (primary N) is 2. The van der Waals surface area contributed by atoms with Gasteiger partial charge in [0.25, 0.3) is 20.2 Å². The van der Waals surface area contributed by atoms with E-state index in [1.807, 2.05) is 0 Å². The number of anilines is 3. The third kappa shape index (κ3) is 3.67. The van der Waals surface area contributed by atoms with E-state index in [-0.39, 0.29) is 27.9 Å². The molecule has 0 radical (unpaired) electrons. The van der Waals surface area contributed by atoms with Gasteiger partial charge in [0.1, 0.15) is 9.79 Å². The number of hydrazine groups is 1. The molecule has 3 aromatic carbocycles. The predicted octanol–water partition coefficient (Wildman–Crippen LogP) is 1.55. The second-order valence-electron chi connectivity index (χ2n) is 7.08. The first-order valence-electron chi connectivity index (χ1n) is 9.07. The van der Waals surface area contributed by atoms with Gasteiger partial charge in [0, 0.05) is 16.7 Å². The first-order valence-corrected chi connectivity index (χ1v) is 11.9. The molecule has 0 aromatic heterocycles. The van der Waals surface area contributed by atoms with Gasteiger partial charge >= 0.3 is 0 Å². The molecule has 13 heteroatoms. The summed E-state index contributed by atoms with van der Waals surface area (Å²) in [5.74, 6) is 5.06. The zero-order valence-corrected chi connectivity index (χ0v) is 18.1. The number of rotatable bonds is 4. The smallest absolute Gasteiger partial charge is 0.296 e. The molecule has 170 valence electrons. The minimum Gasteiger partial charge on any atom is -0.398 e. The number of nitrogens with zero attached hydrogens (tertiary/aromatic N) is 1. The lowest BCUT2D eigenvalue weighted by Gasteiger charge is -2.27. The van der Waals surface area contributed by atoms with Crippen molar-refractivity contribution in [2.45, 2.75) is 9.79 Å². The molecule has 0 aliphatic heterocycles. The van der Waals surface area contributed by atoms with Crippen LogP contribution in [0.15, 0.2) is 64.4 Å². The van der Waals surface area contributed by atoms with E-state index in [0.29, 0.717) is 17.1 Å². The highest BCUT2D eigenvalue weighted by Crippen LogP contribution is 2.39. The summed E-state index contributed by atoms with van der Waals surface area (Å²) in [6.45, 7) is 0. The maximum atomic E-state index is 13.2. The van der Waals surface area contributed by atoms with Crippen LogP contribution in [0.3, 0.4) is 0 Å². The van der Waals surface area contributed by atoms with Crippen LogP contribution in [-0.2, 0) is 20.2 Å². The molecule has 0 unspecified atom stereocenters. The fraction of sp³-hybridized carbons (Fsp3) is 0. The van der Waals surface area contributed by atoms with Gasteiger partial charge in [-0.1, -0.05) is 36.4 Å². The lowest BCUT2D eigenvalue weighted by atomic mass is 9.83. The Morgan fingerprint density at radius 3 is 1.82 bits per heavy atom. The second-order valence-corrected chi connectivity index (χ2v) is 9.86. The highest BCUT2D eigenvalue weighted by Gasteiger charge is 2.34. The van der Waals surface area contributed by atoms with Gasteiger partial charge in [-0.05, 0) is 18.2 Å². The van der Waals surface area contributed by atoms with Crippen LogP contribution in [0.2, 0.25) is 0 Å². The second kappa shape index (κ2) is 7.47.